The predicted molar refractivity (Wildman–Crippen MR) is 116 cm³/mol. The van der Waals surface area contributed by atoms with E-state index in [0.29, 0.717) is 16.5 Å². The van der Waals surface area contributed by atoms with Gasteiger partial charge in [-0.05, 0) is 48.5 Å². The predicted octanol–water partition coefficient (Wildman–Crippen LogP) is 4.48. The molecule has 0 fully saturated rings. The van der Waals surface area contributed by atoms with Gasteiger partial charge >= 0.3 is 0 Å². The molecule has 160 valence electrons. The van der Waals surface area contributed by atoms with Gasteiger partial charge in [-0.15, -0.1) is 0 Å². The second-order valence-electron chi connectivity index (χ2n) is 6.44. The van der Waals surface area contributed by atoms with E-state index in [9.17, 15) is 18.3 Å². The van der Waals surface area contributed by atoms with E-state index in [1.54, 1.807) is 12.1 Å². The van der Waals surface area contributed by atoms with Gasteiger partial charge in [-0.1, -0.05) is 29.3 Å². The number of phenolic OH excluding ortho intramolecular Hbond substituents is 1. The first-order valence-corrected chi connectivity index (χ1v) is 11.0. The summed E-state index contributed by atoms with van der Waals surface area (Å²) in [5.41, 5.74) is 0.299. The number of anilines is 2. The Morgan fingerprint density at radius 1 is 1.03 bits per heavy atom. The van der Waals surface area contributed by atoms with E-state index < -0.39 is 15.9 Å². The standard InChI is InChI=1S/C20H14Cl2N2O6S/c21-12-2-1-3-13(8-12)24-31(27,28)14-4-5-17(25)16(9-14)23-20(26)11-6-15(22)19-18(7-11)29-10-30-19/h1-9,24-25H,10H2,(H,23,26). The molecule has 0 radical (unpaired) electrons. The minimum atomic E-state index is -4.01. The Labute approximate surface area is 187 Å². The zero-order chi connectivity index (χ0) is 22.2. The smallest absolute Gasteiger partial charge is 0.261 e. The fourth-order valence-corrected chi connectivity index (χ4v) is 4.37. The van der Waals surface area contributed by atoms with E-state index in [4.69, 9.17) is 32.7 Å². The maximum atomic E-state index is 12.7. The number of hydrogen-bond donors (Lipinski definition) is 3. The summed E-state index contributed by atoms with van der Waals surface area (Å²) in [5.74, 6) is -0.306. The van der Waals surface area contributed by atoms with Crippen LogP contribution in [0.15, 0.2) is 59.5 Å². The van der Waals surface area contributed by atoms with E-state index in [0.717, 1.165) is 12.1 Å². The molecule has 0 saturated carbocycles. The highest BCUT2D eigenvalue weighted by molar-refractivity contribution is 7.92. The van der Waals surface area contributed by atoms with Gasteiger partial charge < -0.3 is 19.9 Å². The van der Waals surface area contributed by atoms with Crippen molar-refractivity contribution in [3.8, 4) is 17.2 Å². The molecule has 0 unspecified atom stereocenters. The van der Waals surface area contributed by atoms with E-state index in [2.05, 4.69) is 10.0 Å². The minimum absolute atomic E-state index is 0.0134. The average Bonchev–Trinajstić information content (AvgIpc) is 3.18. The lowest BCUT2D eigenvalue weighted by atomic mass is 10.1. The Bertz CT molecular complexity index is 1300. The maximum absolute atomic E-state index is 12.7. The number of hydrogen-bond acceptors (Lipinski definition) is 6. The second-order valence-corrected chi connectivity index (χ2v) is 8.97. The van der Waals surface area contributed by atoms with Crippen molar-refractivity contribution in [1.82, 2.24) is 0 Å². The molecule has 11 heteroatoms. The summed E-state index contributed by atoms with van der Waals surface area (Å²) in [6, 6.07) is 12.5. The molecule has 0 saturated heterocycles. The van der Waals surface area contributed by atoms with Crippen LogP contribution in [-0.4, -0.2) is 26.2 Å². The van der Waals surface area contributed by atoms with Crippen molar-refractivity contribution in [2.45, 2.75) is 4.90 Å². The summed E-state index contributed by atoms with van der Waals surface area (Å²) in [6.07, 6.45) is 0. The number of ether oxygens (including phenoxy) is 2. The lowest BCUT2D eigenvalue weighted by molar-refractivity contribution is 0.102. The third kappa shape index (κ3) is 4.48. The molecule has 4 rings (SSSR count). The summed E-state index contributed by atoms with van der Waals surface area (Å²) >= 11 is 12.0. The molecule has 3 aromatic carbocycles. The van der Waals surface area contributed by atoms with Gasteiger partial charge in [0, 0.05) is 10.6 Å². The van der Waals surface area contributed by atoms with Crippen molar-refractivity contribution in [1.29, 1.82) is 0 Å². The van der Waals surface area contributed by atoms with Gasteiger partial charge in [-0.25, -0.2) is 8.42 Å². The number of fused-ring (bicyclic) bond motifs is 1. The van der Waals surface area contributed by atoms with Crippen LogP contribution < -0.4 is 19.5 Å². The van der Waals surface area contributed by atoms with Gasteiger partial charge in [0.1, 0.15) is 5.75 Å². The molecule has 1 aliphatic heterocycles. The maximum Gasteiger partial charge on any atom is 0.261 e. The fourth-order valence-electron chi connectivity index (χ4n) is 2.84. The van der Waals surface area contributed by atoms with Crippen molar-refractivity contribution in [2.75, 3.05) is 16.8 Å². The van der Waals surface area contributed by atoms with Crippen molar-refractivity contribution >= 4 is 50.5 Å². The highest BCUT2D eigenvalue weighted by Crippen LogP contribution is 2.40. The number of halogens is 2. The molecule has 0 aliphatic carbocycles. The van der Waals surface area contributed by atoms with Crippen LogP contribution in [-0.2, 0) is 10.0 Å². The first kappa shape index (κ1) is 21.1. The summed E-state index contributed by atoms with van der Waals surface area (Å²) in [4.78, 5) is 12.5. The molecule has 0 bridgehead atoms. The highest BCUT2D eigenvalue weighted by atomic mass is 35.5. The second kappa shape index (κ2) is 8.18. The number of rotatable bonds is 5. The largest absolute Gasteiger partial charge is 0.506 e. The molecule has 31 heavy (non-hydrogen) atoms. The molecule has 3 N–H and O–H groups in total. The molecule has 0 aromatic heterocycles. The number of amides is 1. The van der Waals surface area contributed by atoms with Gasteiger partial charge in [-0.2, -0.15) is 0 Å². The van der Waals surface area contributed by atoms with Gasteiger partial charge in [-0.3, -0.25) is 9.52 Å². The number of benzene rings is 3. The van der Waals surface area contributed by atoms with Crippen LogP contribution in [0.3, 0.4) is 0 Å². The quantitative estimate of drug-likeness (QED) is 0.463. The van der Waals surface area contributed by atoms with Crippen LogP contribution >= 0.6 is 23.2 Å². The van der Waals surface area contributed by atoms with Crippen LogP contribution in [0.5, 0.6) is 17.2 Å². The van der Waals surface area contributed by atoms with Gasteiger partial charge in [0.2, 0.25) is 6.79 Å². The number of carbonyl (C=O) groups excluding carboxylic acids is 1. The molecular formula is C20H14Cl2N2O6S. The third-order valence-electron chi connectivity index (χ3n) is 4.29. The third-order valence-corrected chi connectivity index (χ3v) is 6.19. The number of phenols is 1. The van der Waals surface area contributed by atoms with Gasteiger partial charge in [0.15, 0.2) is 11.5 Å². The van der Waals surface area contributed by atoms with Crippen molar-refractivity contribution in [3.05, 3.63) is 70.2 Å². The zero-order valence-electron chi connectivity index (χ0n) is 15.6. The number of carbonyl (C=O) groups is 1. The van der Waals surface area contributed by atoms with Gasteiger partial charge in [0.05, 0.1) is 21.3 Å². The van der Waals surface area contributed by atoms with E-state index in [1.165, 1.54) is 30.3 Å². The van der Waals surface area contributed by atoms with Crippen molar-refractivity contribution in [2.24, 2.45) is 0 Å². The van der Waals surface area contributed by atoms with Crippen LogP contribution in [0, 0.1) is 0 Å². The normalized spacial score (nSPS) is 12.5. The Hall–Kier alpha value is -3.14. The number of nitrogens with one attached hydrogen (secondary N) is 2. The van der Waals surface area contributed by atoms with Crippen molar-refractivity contribution in [3.63, 3.8) is 0 Å². The van der Waals surface area contributed by atoms with Crippen LogP contribution in [0.4, 0.5) is 11.4 Å². The topological polar surface area (TPSA) is 114 Å². The Morgan fingerprint density at radius 3 is 2.61 bits per heavy atom. The Balaban J connectivity index is 1.59. The molecule has 8 nitrogen and oxygen atoms in total. The fraction of sp³-hybridized carbons (Fsp3) is 0.0500. The number of sulfonamides is 1. The highest BCUT2D eigenvalue weighted by Gasteiger charge is 2.22. The molecule has 0 atom stereocenters. The lowest BCUT2D eigenvalue weighted by Crippen LogP contribution is -2.15. The summed E-state index contributed by atoms with van der Waals surface area (Å²) in [7, 11) is -4.01. The molecule has 1 aliphatic rings. The van der Waals surface area contributed by atoms with E-state index in [-0.39, 0.29) is 39.4 Å². The zero-order valence-corrected chi connectivity index (χ0v) is 17.9. The minimum Gasteiger partial charge on any atom is -0.506 e. The SMILES string of the molecule is O=C(Nc1cc(S(=O)(=O)Nc2cccc(Cl)c2)ccc1O)c1cc(Cl)c2c(c1)OCO2. The van der Waals surface area contributed by atoms with E-state index >= 15 is 0 Å². The van der Waals surface area contributed by atoms with E-state index in [1.807, 2.05) is 0 Å². The van der Waals surface area contributed by atoms with Crippen LogP contribution in [0.1, 0.15) is 10.4 Å². The molecule has 0 spiro atoms. The molecule has 3 aromatic rings. The average molecular weight is 481 g/mol. The summed E-state index contributed by atoms with van der Waals surface area (Å²) in [6.45, 7) is -0.0134. The lowest BCUT2D eigenvalue weighted by Gasteiger charge is -2.12. The molecule has 1 heterocycles. The van der Waals surface area contributed by atoms with Crippen LogP contribution in [0.25, 0.3) is 0 Å². The molecule has 1 amide bonds. The summed E-state index contributed by atoms with van der Waals surface area (Å²) in [5, 5.41) is 13.1. The number of aromatic hydroxyl groups is 1. The monoisotopic (exact) mass is 480 g/mol. The first-order chi connectivity index (χ1) is 14.7. The van der Waals surface area contributed by atoms with Crippen LogP contribution in [0.2, 0.25) is 10.0 Å². The van der Waals surface area contributed by atoms with Gasteiger partial charge in [0.25, 0.3) is 15.9 Å². The summed E-state index contributed by atoms with van der Waals surface area (Å²) < 4.78 is 38.2. The van der Waals surface area contributed by atoms with Crippen molar-refractivity contribution < 1.29 is 27.8 Å². The Kier molecular flexibility index (Phi) is 5.57. The first-order valence-electron chi connectivity index (χ1n) is 8.75. The molecular weight excluding hydrogens is 467 g/mol. The Morgan fingerprint density at radius 2 is 1.84 bits per heavy atom.